The molecule has 0 unspecified atom stereocenters. The maximum Gasteiger partial charge on any atom is 0.309 e. The van der Waals surface area contributed by atoms with Crippen LogP contribution in [0.4, 0.5) is 0 Å². The zero-order valence-corrected chi connectivity index (χ0v) is 42.4. The van der Waals surface area contributed by atoms with Crippen LogP contribution in [0.2, 0.25) is 0 Å². The molecule has 0 aliphatic heterocycles. The summed E-state index contributed by atoms with van der Waals surface area (Å²) in [5, 5.41) is 11.4. The number of hydrogen-bond donors (Lipinski definition) is 1. The van der Waals surface area contributed by atoms with Gasteiger partial charge in [-0.1, -0.05) is 168 Å². The Balaban J connectivity index is 0.000000131. The van der Waals surface area contributed by atoms with E-state index in [1.807, 2.05) is 79.1 Å². The van der Waals surface area contributed by atoms with Gasteiger partial charge in [0.2, 0.25) is 0 Å². The number of rotatable bonds is 12. The minimum absolute atomic E-state index is 0.0661. The maximum atomic E-state index is 12.2. The second-order valence-corrected chi connectivity index (χ2v) is 21.4. The van der Waals surface area contributed by atoms with E-state index in [0.717, 1.165) is 31.2 Å². The van der Waals surface area contributed by atoms with E-state index in [9.17, 15) is 19.5 Å². The summed E-state index contributed by atoms with van der Waals surface area (Å²) in [4.78, 5) is 47.6. The van der Waals surface area contributed by atoms with Crippen LogP contribution >= 0.6 is 38.6 Å². The standard InChI is InChI=1S/2C21H19NO2S.C17H15BrO2/c1-13-12-22-20(25-13)16-10-8-15(9-11-16)18-17(19(18)21(23)24-2)14-6-4-3-5-7-14;1-13-11-22-21(25-13)16-9-7-15(8-10-16)19-18(20(19)17(24)12-23)14-5-3-2-4-6-14;1-20-17(19)16-14(11-5-3-2-4-6-11)15(16)12-7-9-13(18)10-8-12/h3-12,17-19H,1-2H3;2-11,18-20,23H,12H2,1H3;2-10,14-16H,1H3/t17-,18-,19-;18-,19-,20-;14-,15-,16-/m111/s1. The Kier molecular flexibility index (Phi) is 15.1. The summed E-state index contributed by atoms with van der Waals surface area (Å²) < 4.78 is 11.0. The normalized spacial score (nSPS) is 22.5. The number of benzene rings is 6. The summed E-state index contributed by atoms with van der Waals surface area (Å²) in [6, 6.07) is 55.5. The van der Waals surface area contributed by atoms with Crippen LogP contribution in [0.1, 0.15) is 78.6 Å². The van der Waals surface area contributed by atoms with Crippen LogP contribution in [0, 0.1) is 31.6 Å². The Bertz CT molecular complexity index is 2880. The number of methoxy groups -OCH3 is 2. The molecule has 8 nitrogen and oxygen atoms in total. The van der Waals surface area contributed by atoms with Gasteiger partial charge in [-0.25, -0.2) is 9.97 Å². The summed E-state index contributed by atoms with van der Waals surface area (Å²) in [5.74, 6) is 0.530. The molecule has 0 saturated heterocycles. The highest BCUT2D eigenvalue weighted by Gasteiger charge is 2.58. The first-order chi connectivity index (χ1) is 34.1. The Hall–Kier alpha value is -6.37. The lowest BCUT2D eigenvalue weighted by Crippen LogP contribution is -2.08. The fourth-order valence-electron chi connectivity index (χ4n) is 10.2. The molecule has 11 heteroatoms. The van der Waals surface area contributed by atoms with Crippen molar-refractivity contribution < 1.29 is 29.0 Å². The van der Waals surface area contributed by atoms with Gasteiger partial charge in [0.15, 0.2) is 5.78 Å². The molecule has 11 rings (SSSR count). The summed E-state index contributed by atoms with van der Waals surface area (Å²) in [6.45, 7) is 3.72. The second kappa shape index (κ2) is 21.7. The van der Waals surface area contributed by atoms with E-state index in [1.165, 1.54) is 51.8 Å². The zero-order chi connectivity index (χ0) is 48.9. The highest BCUT2D eigenvalue weighted by Crippen LogP contribution is 2.63. The molecule has 0 bridgehead atoms. The van der Waals surface area contributed by atoms with Crippen molar-refractivity contribution in [2.24, 2.45) is 17.8 Å². The van der Waals surface area contributed by atoms with E-state index in [1.54, 1.807) is 22.7 Å². The van der Waals surface area contributed by atoms with Crippen LogP contribution in [0.15, 0.2) is 181 Å². The minimum Gasteiger partial charge on any atom is -0.469 e. The van der Waals surface area contributed by atoms with Gasteiger partial charge in [-0.15, -0.1) is 22.7 Å². The van der Waals surface area contributed by atoms with E-state index in [-0.39, 0.29) is 77.6 Å². The minimum atomic E-state index is -0.388. The molecule has 6 aromatic carbocycles. The van der Waals surface area contributed by atoms with Crippen molar-refractivity contribution in [2.45, 2.75) is 49.4 Å². The number of aryl methyl sites for hydroxylation is 2. The number of aliphatic hydroxyl groups excluding tert-OH is 1. The lowest BCUT2D eigenvalue weighted by Gasteiger charge is -2.03. The lowest BCUT2D eigenvalue weighted by molar-refractivity contribution is -0.143. The third-order valence-corrected chi connectivity index (χ3v) is 16.1. The highest BCUT2D eigenvalue weighted by molar-refractivity contribution is 9.10. The van der Waals surface area contributed by atoms with Gasteiger partial charge in [-0.2, -0.15) is 0 Å². The first-order valence-electron chi connectivity index (χ1n) is 23.3. The Labute approximate surface area is 425 Å². The monoisotopic (exact) mass is 1030 g/mol. The smallest absolute Gasteiger partial charge is 0.309 e. The number of aromatic nitrogens is 2. The first-order valence-corrected chi connectivity index (χ1v) is 25.8. The van der Waals surface area contributed by atoms with Crippen LogP contribution in [-0.2, 0) is 23.9 Å². The predicted octanol–water partition coefficient (Wildman–Crippen LogP) is 13.1. The molecule has 3 fully saturated rings. The van der Waals surface area contributed by atoms with Crippen molar-refractivity contribution in [3.63, 3.8) is 0 Å². The molecular formula is C59H53BrN2O6S2. The van der Waals surface area contributed by atoms with Crippen LogP contribution in [0.3, 0.4) is 0 Å². The van der Waals surface area contributed by atoms with Crippen molar-refractivity contribution in [3.05, 3.63) is 224 Å². The van der Waals surface area contributed by atoms with Crippen molar-refractivity contribution >= 4 is 56.3 Å². The van der Waals surface area contributed by atoms with Crippen molar-refractivity contribution in [3.8, 4) is 21.1 Å². The number of aliphatic hydroxyl groups is 1. The number of hydrogen-bond acceptors (Lipinski definition) is 10. The van der Waals surface area contributed by atoms with Gasteiger partial charge in [0.25, 0.3) is 0 Å². The van der Waals surface area contributed by atoms with Gasteiger partial charge in [-0.05, 0) is 59.4 Å². The van der Waals surface area contributed by atoms with E-state index in [4.69, 9.17) is 9.47 Å². The summed E-state index contributed by atoms with van der Waals surface area (Å²) in [6.07, 6.45) is 3.78. The number of nitrogens with zero attached hydrogens (tertiary/aromatic N) is 2. The van der Waals surface area contributed by atoms with E-state index in [2.05, 4.69) is 137 Å². The number of halogens is 1. The van der Waals surface area contributed by atoms with Crippen molar-refractivity contribution in [1.82, 2.24) is 9.97 Å². The summed E-state index contributed by atoms with van der Waals surface area (Å²) in [7, 11) is 2.93. The van der Waals surface area contributed by atoms with Crippen LogP contribution in [-0.4, -0.2) is 53.6 Å². The van der Waals surface area contributed by atoms with Crippen LogP contribution in [0.25, 0.3) is 21.1 Å². The van der Waals surface area contributed by atoms with Gasteiger partial charge < -0.3 is 14.6 Å². The van der Waals surface area contributed by atoms with Gasteiger partial charge in [0, 0.05) is 79.2 Å². The molecule has 2 aromatic heterocycles. The number of ether oxygens (including phenoxy) is 2. The zero-order valence-electron chi connectivity index (χ0n) is 39.2. The molecule has 3 saturated carbocycles. The van der Waals surface area contributed by atoms with Crippen molar-refractivity contribution in [2.75, 3.05) is 20.8 Å². The molecule has 354 valence electrons. The molecule has 0 radical (unpaired) electrons. The van der Waals surface area contributed by atoms with E-state index >= 15 is 0 Å². The fraction of sp³-hybridized carbons (Fsp3) is 0.237. The molecule has 0 amide bonds. The number of ketones is 1. The summed E-state index contributed by atoms with van der Waals surface area (Å²) >= 11 is 6.81. The summed E-state index contributed by atoms with van der Waals surface area (Å²) in [5.41, 5.74) is 9.31. The van der Waals surface area contributed by atoms with Gasteiger partial charge in [-0.3, -0.25) is 14.4 Å². The van der Waals surface area contributed by atoms with Gasteiger partial charge >= 0.3 is 11.9 Å². The number of esters is 2. The number of thiazole rings is 2. The third kappa shape index (κ3) is 10.7. The van der Waals surface area contributed by atoms with E-state index < -0.39 is 0 Å². The van der Waals surface area contributed by atoms with Crippen LogP contribution in [0.5, 0.6) is 0 Å². The Morgan fingerprint density at radius 3 is 1.06 bits per heavy atom. The number of carbonyl (C=O) groups excluding carboxylic acids is 3. The molecule has 3 aliphatic carbocycles. The fourth-order valence-corrected chi connectivity index (χ4v) is 12.0. The highest BCUT2D eigenvalue weighted by atomic mass is 79.9. The Morgan fingerprint density at radius 1 is 0.471 bits per heavy atom. The quantitative estimate of drug-likeness (QED) is 0.120. The van der Waals surface area contributed by atoms with Crippen LogP contribution < -0.4 is 0 Å². The SMILES string of the molecule is COC(=O)[C@@H]1[C@H](c2ccccc2)[C@H]1c1ccc(-c2ncc(C)s2)cc1.COC(=O)[C@@H]1[C@H](c2ccccc2)[C@H]1c1ccc(Br)cc1.Cc1cnc(-c2ccc([C@H]3[C@H](C(=O)CO)[C@@H]3c3ccccc3)cc2)s1. The largest absolute Gasteiger partial charge is 0.469 e. The second-order valence-electron chi connectivity index (χ2n) is 18.0. The molecule has 2 heterocycles. The number of carbonyl (C=O) groups is 3. The van der Waals surface area contributed by atoms with Gasteiger partial charge in [0.05, 0.1) is 26.1 Å². The third-order valence-electron chi connectivity index (χ3n) is 13.7. The molecule has 70 heavy (non-hydrogen) atoms. The predicted molar refractivity (Wildman–Crippen MR) is 281 cm³/mol. The molecule has 1 N–H and O–H groups in total. The molecule has 3 aliphatic rings. The molecule has 8 aromatic rings. The van der Waals surface area contributed by atoms with E-state index in [0.29, 0.717) is 0 Å². The average Bonchev–Trinajstić information content (AvgIpc) is 4.37. The Morgan fingerprint density at radius 2 is 0.771 bits per heavy atom. The average molecular weight is 1030 g/mol. The number of Topliss-reactive ketones (excluding diaryl/α,β-unsaturated/α-hetero) is 1. The lowest BCUT2D eigenvalue weighted by atomic mass is 10.0. The van der Waals surface area contributed by atoms with Crippen molar-refractivity contribution in [1.29, 1.82) is 0 Å². The molecule has 0 spiro atoms. The first kappa shape index (κ1) is 48.6. The van der Waals surface area contributed by atoms with Gasteiger partial charge in [0.1, 0.15) is 16.6 Å². The maximum absolute atomic E-state index is 12.2. The molecular weight excluding hydrogens is 977 g/mol. The topological polar surface area (TPSA) is 116 Å². The molecule has 9 atom stereocenters.